The van der Waals surface area contributed by atoms with Gasteiger partial charge in [0, 0.05) is 35.9 Å². The highest BCUT2D eigenvalue weighted by atomic mass is 19.1. The number of hydrogen-bond donors (Lipinski definition) is 2. The summed E-state index contributed by atoms with van der Waals surface area (Å²) >= 11 is 0. The number of aliphatic hydroxyl groups is 1. The van der Waals surface area contributed by atoms with Crippen molar-refractivity contribution in [2.75, 3.05) is 13.2 Å². The number of hydrogen-bond acceptors (Lipinski definition) is 4. The molecule has 3 aromatic carbocycles. The Labute approximate surface area is 194 Å². The van der Waals surface area contributed by atoms with Gasteiger partial charge in [-0.25, -0.2) is 8.78 Å². The van der Waals surface area contributed by atoms with Crippen LogP contribution in [0.2, 0.25) is 0 Å². The second kappa shape index (κ2) is 9.93. The minimum absolute atomic E-state index is 0.115. The number of halogens is 2. The summed E-state index contributed by atoms with van der Waals surface area (Å²) < 4.78 is 28.9. The molecule has 0 aliphatic carbocycles. The minimum atomic E-state index is -0.906. The molecule has 8 heteroatoms. The smallest absolute Gasteiger partial charge is 0.279 e. The van der Waals surface area contributed by atoms with Gasteiger partial charge in [-0.2, -0.15) is 9.78 Å². The van der Waals surface area contributed by atoms with Crippen molar-refractivity contribution in [2.24, 2.45) is 0 Å². The topological polar surface area (TPSA) is 84.2 Å². The van der Waals surface area contributed by atoms with E-state index in [4.69, 9.17) is 0 Å². The molecule has 1 heterocycles. The van der Waals surface area contributed by atoms with Crippen LogP contribution in [-0.2, 0) is 4.79 Å². The van der Waals surface area contributed by atoms with Crippen molar-refractivity contribution in [3.05, 3.63) is 94.3 Å². The molecule has 0 bridgehead atoms. The maximum atomic E-state index is 14.5. The molecular weight excluding hydrogens is 440 g/mol. The Balaban J connectivity index is 1.86. The molecule has 1 aromatic heterocycles. The monoisotopic (exact) mass is 463 g/mol. The van der Waals surface area contributed by atoms with E-state index in [1.54, 1.807) is 43.3 Å². The van der Waals surface area contributed by atoms with E-state index in [0.29, 0.717) is 34.5 Å². The first-order valence-corrected chi connectivity index (χ1v) is 10.9. The lowest BCUT2D eigenvalue weighted by Crippen LogP contribution is -2.29. The highest BCUT2D eigenvalue weighted by molar-refractivity contribution is 5.94. The zero-order valence-electron chi connectivity index (χ0n) is 18.5. The Bertz CT molecular complexity index is 1420. The van der Waals surface area contributed by atoms with E-state index in [0.717, 1.165) is 16.3 Å². The van der Waals surface area contributed by atoms with Crippen molar-refractivity contribution in [3.8, 4) is 16.9 Å². The predicted octanol–water partition coefficient (Wildman–Crippen LogP) is 3.93. The first-order valence-electron chi connectivity index (χ1n) is 10.9. The van der Waals surface area contributed by atoms with Gasteiger partial charge in [-0.1, -0.05) is 43.3 Å². The highest BCUT2D eigenvalue weighted by Gasteiger charge is 2.18. The first kappa shape index (κ1) is 23.3. The molecule has 6 nitrogen and oxygen atoms in total. The molecule has 0 saturated carbocycles. The van der Waals surface area contributed by atoms with Crippen molar-refractivity contribution < 1.29 is 18.7 Å². The van der Waals surface area contributed by atoms with Gasteiger partial charge in [0.25, 0.3) is 5.56 Å². The van der Waals surface area contributed by atoms with Crippen LogP contribution in [0.15, 0.2) is 71.5 Å². The summed E-state index contributed by atoms with van der Waals surface area (Å²) in [6.07, 6.45) is 0.343. The van der Waals surface area contributed by atoms with Gasteiger partial charge in [-0.05, 0) is 29.8 Å². The average Bonchev–Trinajstić information content (AvgIpc) is 2.85. The molecule has 0 saturated heterocycles. The lowest BCUT2D eigenvalue weighted by molar-refractivity contribution is -0.120. The summed E-state index contributed by atoms with van der Waals surface area (Å²) in [5.41, 5.74) is 1.15. The van der Waals surface area contributed by atoms with Gasteiger partial charge in [-0.3, -0.25) is 9.59 Å². The van der Waals surface area contributed by atoms with Gasteiger partial charge in [0.2, 0.25) is 5.91 Å². The second-order valence-corrected chi connectivity index (χ2v) is 7.87. The number of aliphatic hydroxyl groups excluding tert-OH is 1. The van der Waals surface area contributed by atoms with E-state index in [-0.39, 0.29) is 30.7 Å². The van der Waals surface area contributed by atoms with Crippen LogP contribution in [0.25, 0.3) is 27.7 Å². The standard InChI is InChI=1S/C26H23F2N3O3/c1-2-24(33)29-14-18(15-32)16-6-5-7-17(12-16)25-20-8-3-4-9-21(20)26(34)31(30-25)23-11-10-19(27)13-22(23)28/h3-13,18,32H,2,14-15H2,1H3,(H,29,33). The molecule has 2 N–H and O–H groups in total. The molecule has 34 heavy (non-hydrogen) atoms. The van der Waals surface area contributed by atoms with Crippen LogP contribution in [0.3, 0.4) is 0 Å². The number of nitrogens with zero attached hydrogens (tertiary/aromatic N) is 2. The fourth-order valence-corrected chi connectivity index (χ4v) is 3.81. The number of nitrogens with one attached hydrogen (secondary N) is 1. The number of aromatic nitrogens is 2. The van der Waals surface area contributed by atoms with Crippen LogP contribution in [0.4, 0.5) is 8.78 Å². The first-order chi connectivity index (χ1) is 16.4. The fourth-order valence-electron chi connectivity index (χ4n) is 3.81. The SMILES string of the molecule is CCC(=O)NCC(CO)c1cccc(-c2nn(-c3ccc(F)cc3F)c(=O)c3ccccc23)c1. The van der Waals surface area contributed by atoms with E-state index < -0.39 is 17.2 Å². The third-order valence-corrected chi connectivity index (χ3v) is 5.66. The molecule has 0 spiro atoms. The summed E-state index contributed by atoms with van der Waals surface area (Å²) in [6.45, 7) is 1.84. The number of amides is 1. The molecule has 4 rings (SSSR count). The summed E-state index contributed by atoms with van der Waals surface area (Å²) in [5.74, 6) is -2.12. The maximum Gasteiger partial charge on any atom is 0.279 e. The molecule has 4 aromatic rings. The van der Waals surface area contributed by atoms with Gasteiger partial charge >= 0.3 is 0 Å². The van der Waals surface area contributed by atoms with Crippen molar-refractivity contribution in [3.63, 3.8) is 0 Å². The number of fused-ring (bicyclic) bond motifs is 1. The molecule has 0 aliphatic heterocycles. The van der Waals surface area contributed by atoms with Crippen molar-refractivity contribution in [1.29, 1.82) is 0 Å². The zero-order valence-corrected chi connectivity index (χ0v) is 18.5. The van der Waals surface area contributed by atoms with Crippen LogP contribution < -0.4 is 10.9 Å². The molecule has 1 unspecified atom stereocenters. The third-order valence-electron chi connectivity index (χ3n) is 5.66. The van der Waals surface area contributed by atoms with Gasteiger partial charge in [0.15, 0.2) is 5.82 Å². The van der Waals surface area contributed by atoms with Crippen molar-refractivity contribution in [2.45, 2.75) is 19.3 Å². The molecule has 0 fully saturated rings. The Kier molecular flexibility index (Phi) is 6.79. The van der Waals surface area contributed by atoms with Crippen LogP contribution in [0, 0.1) is 11.6 Å². The van der Waals surface area contributed by atoms with E-state index in [1.807, 2.05) is 12.1 Å². The van der Waals surface area contributed by atoms with E-state index >= 15 is 0 Å². The summed E-state index contributed by atoms with van der Waals surface area (Å²) in [4.78, 5) is 24.8. The summed E-state index contributed by atoms with van der Waals surface area (Å²) in [5, 5.41) is 18.0. The molecule has 0 radical (unpaired) electrons. The van der Waals surface area contributed by atoms with E-state index in [9.17, 15) is 23.5 Å². The normalized spacial score (nSPS) is 12.0. The summed E-state index contributed by atoms with van der Waals surface area (Å²) in [7, 11) is 0. The van der Waals surface area contributed by atoms with Gasteiger partial charge < -0.3 is 10.4 Å². The fraction of sp³-hybridized carbons (Fsp3) is 0.192. The quantitative estimate of drug-likeness (QED) is 0.435. The van der Waals surface area contributed by atoms with Gasteiger partial charge in [-0.15, -0.1) is 0 Å². The number of rotatable bonds is 7. The van der Waals surface area contributed by atoms with Crippen molar-refractivity contribution >= 4 is 16.7 Å². The highest BCUT2D eigenvalue weighted by Crippen LogP contribution is 2.28. The van der Waals surface area contributed by atoms with Crippen molar-refractivity contribution in [1.82, 2.24) is 15.1 Å². The maximum absolute atomic E-state index is 14.5. The van der Waals surface area contributed by atoms with Gasteiger partial charge in [0.05, 0.1) is 17.7 Å². The third kappa shape index (κ3) is 4.58. The summed E-state index contributed by atoms with van der Waals surface area (Å²) in [6, 6.07) is 17.0. The average molecular weight is 463 g/mol. The van der Waals surface area contributed by atoms with Crippen LogP contribution in [0.1, 0.15) is 24.8 Å². The molecule has 1 atom stereocenters. The molecule has 0 aliphatic rings. The Hall–Kier alpha value is -3.91. The lowest BCUT2D eigenvalue weighted by Gasteiger charge is -2.17. The Morgan fingerprint density at radius 3 is 2.53 bits per heavy atom. The Morgan fingerprint density at radius 2 is 1.82 bits per heavy atom. The molecular formula is C26H23F2N3O3. The van der Waals surface area contributed by atoms with Crippen LogP contribution in [-0.4, -0.2) is 33.9 Å². The van der Waals surface area contributed by atoms with Gasteiger partial charge in [0.1, 0.15) is 11.5 Å². The predicted molar refractivity (Wildman–Crippen MR) is 126 cm³/mol. The molecule has 174 valence electrons. The number of carbonyl (C=O) groups is 1. The largest absolute Gasteiger partial charge is 0.396 e. The minimum Gasteiger partial charge on any atom is -0.396 e. The zero-order chi connectivity index (χ0) is 24.2. The van der Waals surface area contributed by atoms with Crippen LogP contribution in [0.5, 0.6) is 0 Å². The second-order valence-electron chi connectivity index (χ2n) is 7.87. The number of carbonyl (C=O) groups excluding carboxylic acids is 1. The van der Waals surface area contributed by atoms with E-state index in [2.05, 4.69) is 10.4 Å². The van der Waals surface area contributed by atoms with E-state index in [1.165, 1.54) is 6.07 Å². The molecule has 1 amide bonds. The van der Waals surface area contributed by atoms with Crippen LogP contribution >= 0.6 is 0 Å². The Morgan fingerprint density at radius 1 is 1.06 bits per heavy atom. The number of benzene rings is 3. The lowest BCUT2D eigenvalue weighted by atomic mass is 9.95.